The van der Waals surface area contributed by atoms with Crippen molar-refractivity contribution < 1.29 is 23.5 Å². The molecule has 1 heterocycles. The van der Waals surface area contributed by atoms with Crippen molar-refractivity contribution in [2.75, 3.05) is 13.7 Å². The molecule has 0 aliphatic rings. The number of carbonyl (C=O) groups is 2. The highest BCUT2D eigenvalue weighted by Crippen LogP contribution is 2.28. The highest BCUT2D eigenvalue weighted by atomic mass is 16.5. The zero-order valence-electron chi connectivity index (χ0n) is 15.0. The maximum Gasteiger partial charge on any atom is 0.269 e. The molecule has 0 atom stereocenters. The first kappa shape index (κ1) is 19.4. The van der Waals surface area contributed by atoms with Crippen LogP contribution in [0.1, 0.15) is 42.3 Å². The Bertz CT molecular complexity index is 713. The van der Waals surface area contributed by atoms with Crippen molar-refractivity contribution in [1.29, 1.82) is 0 Å². The Morgan fingerprint density at radius 2 is 2.00 bits per heavy atom. The zero-order chi connectivity index (χ0) is 18.8. The van der Waals surface area contributed by atoms with Crippen LogP contribution in [0.3, 0.4) is 0 Å². The Balaban J connectivity index is 1.85. The predicted molar refractivity (Wildman–Crippen MR) is 96.0 cm³/mol. The predicted octanol–water partition coefficient (Wildman–Crippen LogP) is 2.86. The van der Waals surface area contributed by atoms with E-state index < -0.39 is 5.91 Å². The number of hydrogen-bond acceptors (Lipinski definition) is 5. The SMILES string of the molecule is CCCCOc1ccc(C(=O)NNC(=O)CCc2ccco2)cc1OC. The van der Waals surface area contributed by atoms with Gasteiger partial charge in [0.2, 0.25) is 5.91 Å². The second-order valence-corrected chi connectivity index (χ2v) is 5.65. The smallest absolute Gasteiger partial charge is 0.269 e. The Hall–Kier alpha value is -2.96. The van der Waals surface area contributed by atoms with Gasteiger partial charge in [-0.1, -0.05) is 13.3 Å². The molecule has 0 bridgehead atoms. The van der Waals surface area contributed by atoms with Gasteiger partial charge in [0.1, 0.15) is 5.76 Å². The van der Waals surface area contributed by atoms with Gasteiger partial charge in [-0.05, 0) is 36.8 Å². The molecule has 1 aromatic heterocycles. The highest BCUT2D eigenvalue weighted by molar-refractivity contribution is 5.96. The fourth-order valence-corrected chi connectivity index (χ4v) is 2.21. The van der Waals surface area contributed by atoms with Gasteiger partial charge in [0.05, 0.1) is 20.0 Å². The molecular weight excluding hydrogens is 336 g/mol. The van der Waals surface area contributed by atoms with Crippen molar-refractivity contribution in [2.45, 2.75) is 32.6 Å². The van der Waals surface area contributed by atoms with E-state index in [1.165, 1.54) is 7.11 Å². The van der Waals surface area contributed by atoms with Crippen molar-refractivity contribution >= 4 is 11.8 Å². The van der Waals surface area contributed by atoms with Gasteiger partial charge in [-0.15, -0.1) is 0 Å². The third kappa shape index (κ3) is 5.84. The van der Waals surface area contributed by atoms with E-state index in [-0.39, 0.29) is 12.3 Å². The van der Waals surface area contributed by atoms with Crippen molar-refractivity contribution in [3.05, 3.63) is 47.9 Å². The summed E-state index contributed by atoms with van der Waals surface area (Å²) < 4.78 is 16.1. The number of aryl methyl sites for hydroxylation is 1. The Morgan fingerprint density at radius 1 is 1.15 bits per heavy atom. The number of nitrogens with one attached hydrogen (secondary N) is 2. The first-order chi connectivity index (χ1) is 12.6. The van der Waals surface area contributed by atoms with Gasteiger partial charge in [-0.3, -0.25) is 20.4 Å². The molecule has 0 aliphatic carbocycles. The molecule has 0 fully saturated rings. The molecule has 2 N–H and O–H groups in total. The number of unbranched alkanes of at least 4 members (excludes halogenated alkanes) is 1. The average molecular weight is 360 g/mol. The number of rotatable bonds is 9. The van der Waals surface area contributed by atoms with E-state index in [4.69, 9.17) is 13.9 Å². The maximum atomic E-state index is 12.2. The minimum absolute atomic E-state index is 0.210. The van der Waals surface area contributed by atoms with Crippen molar-refractivity contribution in [3.8, 4) is 11.5 Å². The third-order valence-corrected chi connectivity index (χ3v) is 3.68. The first-order valence-electron chi connectivity index (χ1n) is 8.56. The van der Waals surface area contributed by atoms with E-state index >= 15 is 0 Å². The van der Waals surface area contributed by atoms with E-state index in [2.05, 4.69) is 17.8 Å². The van der Waals surface area contributed by atoms with Crippen molar-refractivity contribution in [1.82, 2.24) is 10.9 Å². The van der Waals surface area contributed by atoms with Crippen LogP contribution in [0, 0.1) is 0 Å². The van der Waals surface area contributed by atoms with E-state index in [1.807, 2.05) is 0 Å². The molecule has 26 heavy (non-hydrogen) atoms. The topological polar surface area (TPSA) is 89.8 Å². The summed E-state index contributed by atoms with van der Waals surface area (Å²) in [5.74, 6) is 1.03. The molecule has 7 nitrogen and oxygen atoms in total. The van der Waals surface area contributed by atoms with Crippen LogP contribution in [0.25, 0.3) is 0 Å². The molecule has 0 radical (unpaired) electrons. The van der Waals surface area contributed by atoms with E-state index in [0.717, 1.165) is 18.6 Å². The number of furan rings is 1. The summed E-state index contributed by atoms with van der Waals surface area (Å²) in [6.07, 6.45) is 4.20. The molecular formula is C19H24N2O5. The largest absolute Gasteiger partial charge is 0.493 e. The number of ether oxygens (including phenoxy) is 2. The number of carbonyl (C=O) groups excluding carboxylic acids is 2. The highest BCUT2D eigenvalue weighted by Gasteiger charge is 2.12. The van der Waals surface area contributed by atoms with Crippen LogP contribution in [0.2, 0.25) is 0 Å². The molecule has 0 spiro atoms. The van der Waals surface area contributed by atoms with Crippen LogP contribution in [0.15, 0.2) is 41.0 Å². The molecule has 7 heteroatoms. The summed E-state index contributed by atoms with van der Waals surface area (Å²) in [5, 5.41) is 0. The fourth-order valence-electron chi connectivity index (χ4n) is 2.21. The van der Waals surface area contributed by atoms with Gasteiger partial charge >= 0.3 is 0 Å². The van der Waals surface area contributed by atoms with Gasteiger partial charge in [0, 0.05) is 18.4 Å². The Labute approximate surface area is 152 Å². The lowest BCUT2D eigenvalue weighted by Crippen LogP contribution is -2.41. The van der Waals surface area contributed by atoms with Crippen LogP contribution in [-0.2, 0) is 11.2 Å². The van der Waals surface area contributed by atoms with Crippen LogP contribution in [0.4, 0.5) is 0 Å². The minimum atomic E-state index is -0.435. The number of hydrogen-bond donors (Lipinski definition) is 2. The fraction of sp³-hybridized carbons (Fsp3) is 0.368. The minimum Gasteiger partial charge on any atom is -0.493 e. The molecule has 0 saturated heterocycles. The average Bonchev–Trinajstić information content (AvgIpc) is 3.18. The first-order valence-corrected chi connectivity index (χ1v) is 8.56. The quantitative estimate of drug-likeness (QED) is 0.530. The van der Waals surface area contributed by atoms with Crippen molar-refractivity contribution in [3.63, 3.8) is 0 Å². The second kappa shape index (κ2) is 10.1. The molecule has 2 amide bonds. The van der Waals surface area contributed by atoms with Gasteiger partial charge in [0.15, 0.2) is 11.5 Å². The van der Waals surface area contributed by atoms with E-state index in [0.29, 0.717) is 30.1 Å². The van der Waals surface area contributed by atoms with Crippen LogP contribution < -0.4 is 20.3 Å². The van der Waals surface area contributed by atoms with Gasteiger partial charge in [-0.25, -0.2) is 0 Å². The number of hydrazine groups is 1. The van der Waals surface area contributed by atoms with Crippen LogP contribution >= 0.6 is 0 Å². The molecule has 2 aromatic rings. The lowest BCUT2D eigenvalue weighted by atomic mass is 10.2. The van der Waals surface area contributed by atoms with Crippen molar-refractivity contribution in [2.24, 2.45) is 0 Å². The standard InChI is InChI=1S/C19H24N2O5/c1-3-4-11-26-16-9-7-14(13-17(16)24-2)19(23)21-20-18(22)10-8-15-6-5-12-25-15/h5-7,9,12-13H,3-4,8,10-11H2,1-2H3,(H,20,22)(H,21,23). The molecule has 0 unspecified atom stereocenters. The van der Waals surface area contributed by atoms with Gasteiger partial charge < -0.3 is 13.9 Å². The van der Waals surface area contributed by atoms with Gasteiger partial charge in [-0.2, -0.15) is 0 Å². The molecule has 140 valence electrons. The monoisotopic (exact) mass is 360 g/mol. The Kier molecular flexibility index (Phi) is 7.54. The molecule has 2 rings (SSSR count). The van der Waals surface area contributed by atoms with Crippen LogP contribution in [-0.4, -0.2) is 25.5 Å². The Morgan fingerprint density at radius 3 is 2.69 bits per heavy atom. The van der Waals surface area contributed by atoms with E-state index in [1.54, 1.807) is 36.6 Å². The lowest BCUT2D eigenvalue weighted by Gasteiger charge is -2.12. The number of amides is 2. The second-order valence-electron chi connectivity index (χ2n) is 5.65. The van der Waals surface area contributed by atoms with Crippen LogP contribution in [0.5, 0.6) is 11.5 Å². The summed E-state index contributed by atoms with van der Waals surface area (Å²) in [6.45, 7) is 2.67. The summed E-state index contributed by atoms with van der Waals surface area (Å²) in [4.78, 5) is 24.0. The lowest BCUT2D eigenvalue weighted by molar-refractivity contribution is -0.121. The summed E-state index contributed by atoms with van der Waals surface area (Å²) in [5.41, 5.74) is 5.13. The maximum absolute atomic E-state index is 12.2. The molecule has 0 aliphatic heterocycles. The molecule has 1 aromatic carbocycles. The van der Waals surface area contributed by atoms with E-state index in [9.17, 15) is 9.59 Å². The third-order valence-electron chi connectivity index (χ3n) is 3.68. The number of methoxy groups -OCH3 is 1. The summed E-state index contributed by atoms with van der Waals surface area (Å²) in [7, 11) is 1.51. The zero-order valence-corrected chi connectivity index (χ0v) is 15.0. The summed E-state index contributed by atoms with van der Waals surface area (Å²) >= 11 is 0. The summed E-state index contributed by atoms with van der Waals surface area (Å²) in [6, 6.07) is 8.43. The normalized spacial score (nSPS) is 10.2. The number of benzene rings is 1. The molecule has 0 saturated carbocycles. The van der Waals surface area contributed by atoms with Gasteiger partial charge in [0.25, 0.3) is 5.91 Å².